The molecule has 96 valence electrons. The molecule has 0 radical (unpaired) electrons. The normalized spacial score (nSPS) is 11.1. The van der Waals surface area contributed by atoms with Crippen molar-refractivity contribution in [3.63, 3.8) is 0 Å². The molecular weight excluding hydrogens is 234 g/mol. The van der Waals surface area contributed by atoms with Crippen molar-refractivity contribution in [2.75, 3.05) is 5.32 Å². The third-order valence-corrected chi connectivity index (χ3v) is 3.28. The summed E-state index contributed by atoms with van der Waals surface area (Å²) in [6.07, 6.45) is 3.80. The molecule has 0 atom stereocenters. The first-order valence-corrected chi connectivity index (χ1v) is 6.52. The lowest BCUT2D eigenvalue weighted by atomic mass is 10.1. The second kappa shape index (κ2) is 4.76. The first kappa shape index (κ1) is 11.8. The maximum Gasteiger partial charge on any atom is 0.130 e. The summed E-state index contributed by atoms with van der Waals surface area (Å²) in [7, 11) is 0. The van der Waals surface area contributed by atoms with Crippen LogP contribution in [0.25, 0.3) is 10.9 Å². The van der Waals surface area contributed by atoms with E-state index in [4.69, 9.17) is 0 Å². The highest BCUT2D eigenvalue weighted by atomic mass is 15.0. The molecule has 3 rings (SSSR count). The number of anilines is 2. The van der Waals surface area contributed by atoms with Crippen LogP contribution in [0.2, 0.25) is 0 Å². The number of aromatic nitrogens is 2. The van der Waals surface area contributed by atoms with Crippen molar-refractivity contribution in [1.29, 1.82) is 0 Å². The van der Waals surface area contributed by atoms with E-state index in [1.165, 1.54) is 10.9 Å². The Hall–Kier alpha value is -2.29. The molecule has 0 amide bonds. The van der Waals surface area contributed by atoms with Crippen LogP contribution >= 0.6 is 0 Å². The summed E-state index contributed by atoms with van der Waals surface area (Å²) >= 11 is 0. The van der Waals surface area contributed by atoms with Gasteiger partial charge in [0, 0.05) is 29.0 Å². The number of benzene rings is 1. The molecule has 3 heteroatoms. The van der Waals surface area contributed by atoms with Crippen molar-refractivity contribution in [3.8, 4) is 0 Å². The molecule has 3 nitrogen and oxygen atoms in total. The molecule has 0 fully saturated rings. The number of hydrogen-bond donors (Lipinski definition) is 2. The molecule has 0 aliphatic heterocycles. The van der Waals surface area contributed by atoms with E-state index in [1.807, 2.05) is 12.4 Å². The van der Waals surface area contributed by atoms with E-state index in [0.29, 0.717) is 5.92 Å². The van der Waals surface area contributed by atoms with Crippen LogP contribution in [-0.2, 0) is 0 Å². The summed E-state index contributed by atoms with van der Waals surface area (Å²) in [6.45, 7) is 4.37. The lowest BCUT2D eigenvalue weighted by molar-refractivity contribution is 0.864. The van der Waals surface area contributed by atoms with Crippen LogP contribution in [0.5, 0.6) is 0 Å². The highest BCUT2D eigenvalue weighted by molar-refractivity contribution is 5.83. The summed E-state index contributed by atoms with van der Waals surface area (Å²) in [5.41, 5.74) is 3.50. The predicted octanol–water partition coefficient (Wildman–Crippen LogP) is 4.43. The molecule has 2 aromatic heterocycles. The van der Waals surface area contributed by atoms with Gasteiger partial charge in [-0.05, 0) is 47.9 Å². The summed E-state index contributed by atoms with van der Waals surface area (Å²) < 4.78 is 0. The van der Waals surface area contributed by atoms with Gasteiger partial charge in [0.05, 0.1) is 0 Å². The second-order valence-corrected chi connectivity index (χ2v) is 5.03. The molecular formula is C16H17N3. The number of pyridine rings is 1. The average Bonchev–Trinajstić information content (AvgIpc) is 2.86. The van der Waals surface area contributed by atoms with Crippen LogP contribution in [-0.4, -0.2) is 9.97 Å². The Morgan fingerprint density at radius 1 is 1.11 bits per heavy atom. The molecule has 2 heterocycles. The Kier molecular flexibility index (Phi) is 2.95. The SMILES string of the molecule is CC(C)c1ccnc(Nc2ccc3[nH]ccc3c2)c1. The van der Waals surface area contributed by atoms with Crippen LogP contribution in [0, 0.1) is 0 Å². The third-order valence-electron chi connectivity index (χ3n) is 3.28. The van der Waals surface area contributed by atoms with Crippen molar-refractivity contribution in [2.24, 2.45) is 0 Å². The van der Waals surface area contributed by atoms with Crippen molar-refractivity contribution in [1.82, 2.24) is 9.97 Å². The fourth-order valence-corrected chi connectivity index (χ4v) is 2.15. The topological polar surface area (TPSA) is 40.7 Å². The van der Waals surface area contributed by atoms with E-state index in [1.54, 1.807) is 0 Å². The number of H-pyrrole nitrogens is 1. The van der Waals surface area contributed by atoms with E-state index in [2.05, 4.69) is 65.5 Å². The van der Waals surface area contributed by atoms with Gasteiger partial charge in [0.2, 0.25) is 0 Å². The number of rotatable bonds is 3. The standard InChI is InChI=1S/C16H17N3/c1-11(2)12-5-8-18-16(10-12)19-14-3-4-15-13(9-14)6-7-17-15/h3-11,17H,1-2H3,(H,18,19). The van der Waals surface area contributed by atoms with Crippen LogP contribution in [0.3, 0.4) is 0 Å². The van der Waals surface area contributed by atoms with Gasteiger partial charge in [0.15, 0.2) is 0 Å². The number of fused-ring (bicyclic) bond motifs is 1. The minimum Gasteiger partial charge on any atom is -0.361 e. The van der Waals surface area contributed by atoms with E-state index >= 15 is 0 Å². The Morgan fingerprint density at radius 2 is 2.00 bits per heavy atom. The first-order chi connectivity index (χ1) is 9.22. The molecule has 0 saturated heterocycles. The zero-order chi connectivity index (χ0) is 13.2. The molecule has 2 N–H and O–H groups in total. The zero-order valence-electron chi connectivity index (χ0n) is 11.1. The van der Waals surface area contributed by atoms with Gasteiger partial charge in [0.1, 0.15) is 5.82 Å². The van der Waals surface area contributed by atoms with Crippen molar-refractivity contribution in [2.45, 2.75) is 19.8 Å². The molecule has 0 saturated carbocycles. The van der Waals surface area contributed by atoms with Crippen molar-refractivity contribution >= 4 is 22.4 Å². The third kappa shape index (κ3) is 2.45. The van der Waals surface area contributed by atoms with Gasteiger partial charge < -0.3 is 10.3 Å². The van der Waals surface area contributed by atoms with Gasteiger partial charge in [0.25, 0.3) is 0 Å². The lowest BCUT2D eigenvalue weighted by Crippen LogP contribution is -1.95. The molecule has 0 bridgehead atoms. The second-order valence-electron chi connectivity index (χ2n) is 5.03. The number of hydrogen-bond acceptors (Lipinski definition) is 2. The van der Waals surface area contributed by atoms with E-state index in [0.717, 1.165) is 17.0 Å². The summed E-state index contributed by atoms with van der Waals surface area (Å²) in [5, 5.41) is 4.56. The van der Waals surface area contributed by atoms with Crippen LogP contribution in [0.15, 0.2) is 48.8 Å². The first-order valence-electron chi connectivity index (χ1n) is 6.52. The van der Waals surface area contributed by atoms with E-state index in [9.17, 15) is 0 Å². The molecule has 0 aliphatic rings. The van der Waals surface area contributed by atoms with Crippen molar-refractivity contribution < 1.29 is 0 Å². The molecule has 3 aromatic rings. The maximum absolute atomic E-state index is 4.37. The van der Waals surface area contributed by atoms with Gasteiger partial charge in [-0.1, -0.05) is 13.8 Å². The highest BCUT2D eigenvalue weighted by Crippen LogP contribution is 2.22. The van der Waals surface area contributed by atoms with Crippen molar-refractivity contribution in [3.05, 3.63) is 54.4 Å². The largest absolute Gasteiger partial charge is 0.361 e. The average molecular weight is 251 g/mol. The van der Waals surface area contributed by atoms with Gasteiger partial charge in [-0.3, -0.25) is 0 Å². The van der Waals surface area contributed by atoms with Crippen LogP contribution in [0.1, 0.15) is 25.3 Å². The Balaban J connectivity index is 1.89. The Labute approximate surface area is 112 Å². The molecule has 0 unspecified atom stereocenters. The summed E-state index contributed by atoms with van der Waals surface area (Å²) in [5.74, 6) is 1.40. The summed E-state index contributed by atoms with van der Waals surface area (Å²) in [6, 6.07) is 12.5. The fourth-order valence-electron chi connectivity index (χ4n) is 2.15. The molecule has 1 aromatic carbocycles. The molecule has 0 aliphatic carbocycles. The monoisotopic (exact) mass is 251 g/mol. The van der Waals surface area contributed by atoms with Gasteiger partial charge >= 0.3 is 0 Å². The smallest absolute Gasteiger partial charge is 0.130 e. The maximum atomic E-state index is 4.37. The van der Waals surface area contributed by atoms with E-state index in [-0.39, 0.29) is 0 Å². The number of nitrogens with one attached hydrogen (secondary N) is 2. The van der Waals surface area contributed by atoms with Gasteiger partial charge in [-0.2, -0.15) is 0 Å². The van der Waals surface area contributed by atoms with Crippen LogP contribution < -0.4 is 5.32 Å². The fraction of sp³-hybridized carbons (Fsp3) is 0.188. The zero-order valence-corrected chi connectivity index (χ0v) is 11.1. The number of aromatic amines is 1. The van der Waals surface area contributed by atoms with Gasteiger partial charge in [-0.15, -0.1) is 0 Å². The quantitative estimate of drug-likeness (QED) is 0.723. The van der Waals surface area contributed by atoms with E-state index < -0.39 is 0 Å². The minimum atomic E-state index is 0.510. The lowest BCUT2D eigenvalue weighted by Gasteiger charge is -2.09. The Morgan fingerprint density at radius 3 is 2.84 bits per heavy atom. The van der Waals surface area contributed by atoms with Gasteiger partial charge in [-0.25, -0.2) is 4.98 Å². The predicted molar refractivity (Wildman–Crippen MR) is 79.9 cm³/mol. The van der Waals surface area contributed by atoms with Crippen LogP contribution in [0.4, 0.5) is 11.5 Å². The number of nitrogens with zero attached hydrogens (tertiary/aromatic N) is 1. The summed E-state index contributed by atoms with van der Waals surface area (Å²) in [4.78, 5) is 7.56. The molecule has 0 spiro atoms. The highest BCUT2D eigenvalue weighted by Gasteiger charge is 2.02. The minimum absolute atomic E-state index is 0.510. The molecule has 19 heavy (non-hydrogen) atoms. The Bertz CT molecular complexity index is 698.